The molecule has 1 heterocycles. The van der Waals surface area contributed by atoms with E-state index in [1.807, 2.05) is 6.92 Å². The van der Waals surface area contributed by atoms with Gasteiger partial charge < -0.3 is 39.8 Å². The topological polar surface area (TPSA) is 171 Å². The maximum Gasteiger partial charge on any atom is 0.335 e. The average Bonchev–Trinajstić information content (AvgIpc) is 2.98. The first kappa shape index (κ1) is 34.0. The second-order valence-electron chi connectivity index (χ2n) is 17.6. The molecule has 0 bridgehead atoms. The summed E-state index contributed by atoms with van der Waals surface area (Å²) in [5.41, 5.74) is -0.721. The van der Waals surface area contributed by atoms with Gasteiger partial charge in [-0.15, -0.1) is 0 Å². The van der Waals surface area contributed by atoms with Gasteiger partial charge in [-0.25, -0.2) is 4.79 Å². The lowest BCUT2D eigenvalue weighted by Gasteiger charge is -2.71. The zero-order valence-electron chi connectivity index (χ0n) is 28.2. The Bertz CT molecular complexity index is 1310. The van der Waals surface area contributed by atoms with Crippen molar-refractivity contribution >= 4 is 18.2 Å². The molecule has 0 amide bonds. The van der Waals surface area contributed by atoms with E-state index in [1.54, 1.807) is 0 Å². The number of aldehydes is 1. The molecular weight excluding hydrogens is 592 g/mol. The van der Waals surface area contributed by atoms with Crippen LogP contribution in [-0.4, -0.2) is 80.6 Å². The van der Waals surface area contributed by atoms with Gasteiger partial charge in [0, 0.05) is 0 Å². The van der Waals surface area contributed by atoms with Gasteiger partial charge in [-0.05, 0) is 104 Å². The van der Waals surface area contributed by atoms with Crippen molar-refractivity contribution in [2.45, 2.75) is 143 Å². The molecule has 258 valence electrons. The minimum atomic E-state index is -1.82. The Labute approximate surface area is 271 Å². The summed E-state index contributed by atoms with van der Waals surface area (Å²) in [7, 11) is 0. The number of aliphatic hydroxyl groups excluding tert-OH is 3. The molecule has 5 aliphatic carbocycles. The van der Waals surface area contributed by atoms with Crippen LogP contribution >= 0.6 is 0 Å². The molecule has 5 N–H and O–H groups in total. The van der Waals surface area contributed by atoms with Crippen molar-refractivity contribution in [3.8, 4) is 0 Å². The van der Waals surface area contributed by atoms with Gasteiger partial charge in [-0.2, -0.15) is 0 Å². The number of carbonyl (C=O) groups is 3. The molecule has 14 atom stereocenters. The summed E-state index contributed by atoms with van der Waals surface area (Å²) in [5.74, 6) is -1.92. The molecule has 0 aromatic carbocycles. The summed E-state index contributed by atoms with van der Waals surface area (Å²) >= 11 is 0. The predicted octanol–water partition coefficient (Wildman–Crippen LogP) is 4.33. The zero-order valence-corrected chi connectivity index (χ0v) is 28.2. The maximum absolute atomic E-state index is 13.1. The fourth-order valence-corrected chi connectivity index (χ4v) is 12.0. The van der Waals surface area contributed by atoms with Gasteiger partial charge in [0.25, 0.3) is 0 Å². The van der Waals surface area contributed by atoms with Crippen molar-refractivity contribution in [2.75, 3.05) is 0 Å². The molecule has 1 saturated heterocycles. The Morgan fingerprint density at radius 3 is 2.17 bits per heavy atom. The van der Waals surface area contributed by atoms with E-state index < -0.39 is 59.6 Å². The number of hydrogen-bond acceptors (Lipinski definition) is 8. The molecule has 9 unspecified atom stereocenters. The van der Waals surface area contributed by atoms with Gasteiger partial charge in [0.2, 0.25) is 0 Å². The number of carbonyl (C=O) groups excluding carboxylic acids is 1. The van der Waals surface area contributed by atoms with E-state index in [2.05, 4.69) is 40.7 Å². The number of allylic oxidation sites excluding steroid dienone is 2. The lowest BCUT2D eigenvalue weighted by atomic mass is 9.33. The molecule has 0 aromatic rings. The molecule has 0 aromatic heterocycles. The third-order valence-electron chi connectivity index (χ3n) is 15.1. The summed E-state index contributed by atoms with van der Waals surface area (Å²) < 4.78 is 11.7. The first-order chi connectivity index (χ1) is 21.3. The van der Waals surface area contributed by atoms with Crippen LogP contribution in [0.25, 0.3) is 0 Å². The number of carboxylic acid groups (broad SMARTS) is 2. The largest absolute Gasteiger partial charge is 0.481 e. The van der Waals surface area contributed by atoms with Crippen LogP contribution in [0, 0.1) is 50.2 Å². The molecule has 0 radical (unpaired) electrons. The van der Waals surface area contributed by atoms with Crippen molar-refractivity contribution in [2.24, 2.45) is 50.2 Å². The molecule has 0 spiro atoms. The van der Waals surface area contributed by atoms with Gasteiger partial charge in [0.15, 0.2) is 12.4 Å². The third-order valence-corrected chi connectivity index (χ3v) is 15.1. The standard InChI is InChI=1S/C36H54O10/c1-31(2)13-15-36(30(43)44)16-14-34(5)19(20(36)17-31)7-8-22-32(3)11-10-23(33(4,18-37)21(32)9-12-35(22,34)6)45-29-26(40)24(38)25(39)27(46-29)28(41)42/h7,18,20-27,29,38-40H,8-17H2,1-6H3,(H,41,42)(H,43,44)/t20?,21?,22?,23?,24-,25-,26+,27-,29+,32?,33?,34?,35?,36?/m0/s1. The van der Waals surface area contributed by atoms with E-state index in [4.69, 9.17) is 9.47 Å². The maximum atomic E-state index is 13.1. The molecule has 6 aliphatic rings. The smallest absolute Gasteiger partial charge is 0.335 e. The molecule has 10 heteroatoms. The molecule has 4 saturated carbocycles. The first-order valence-electron chi connectivity index (χ1n) is 17.3. The van der Waals surface area contributed by atoms with Crippen LogP contribution in [0.1, 0.15) is 106 Å². The van der Waals surface area contributed by atoms with Gasteiger partial charge >= 0.3 is 11.9 Å². The number of ether oxygens (including phenoxy) is 2. The molecular formula is C36H54O10. The number of carboxylic acids is 2. The van der Waals surface area contributed by atoms with Gasteiger partial charge in [0.05, 0.1) is 16.9 Å². The third kappa shape index (κ3) is 4.49. The number of hydrogen-bond donors (Lipinski definition) is 5. The highest BCUT2D eigenvalue weighted by atomic mass is 16.7. The summed E-state index contributed by atoms with van der Waals surface area (Å²) in [6.07, 6.45) is 1.84. The summed E-state index contributed by atoms with van der Waals surface area (Å²) in [6.45, 7) is 13.5. The Morgan fingerprint density at radius 2 is 1.54 bits per heavy atom. The molecule has 1 aliphatic heterocycles. The summed E-state index contributed by atoms with van der Waals surface area (Å²) in [5, 5.41) is 51.3. The van der Waals surface area contributed by atoms with Crippen molar-refractivity contribution in [3.05, 3.63) is 11.6 Å². The normalized spacial score (nSPS) is 53.0. The fraction of sp³-hybridized carbons (Fsp3) is 0.861. The number of aliphatic hydroxyl groups is 3. The van der Waals surface area contributed by atoms with Crippen molar-refractivity contribution in [3.63, 3.8) is 0 Å². The van der Waals surface area contributed by atoms with E-state index in [0.717, 1.165) is 57.7 Å². The fourth-order valence-electron chi connectivity index (χ4n) is 12.0. The number of aliphatic carboxylic acids is 2. The van der Waals surface area contributed by atoms with Gasteiger partial charge in [-0.3, -0.25) is 4.79 Å². The van der Waals surface area contributed by atoms with E-state index in [1.165, 1.54) is 5.57 Å². The molecule has 46 heavy (non-hydrogen) atoms. The average molecular weight is 647 g/mol. The Balaban J connectivity index is 1.31. The van der Waals surface area contributed by atoms with Crippen LogP contribution in [0.4, 0.5) is 0 Å². The Morgan fingerprint density at radius 1 is 0.870 bits per heavy atom. The minimum absolute atomic E-state index is 0.0191. The van der Waals surface area contributed by atoms with Crippen LogP contribution in [0.2, 0.25) is 0 Å². The van der Waals surface area contributed by atoms with E-state index in [-0.39, 0.29) is 39.4 Å². The van der Waals surface area contributed by atoms with Crippen molar-refractivity contribution < 1.29 is 49.4 Å². The second kappa shape index (κ2) is 10.8. The van der Waals surface area contributed by atoms with Crippen molar-refractivity contribution in [1.82, 2.24) is 0 Å². The molecule has 10 nitrogen and oxygen atoms in total. The van der Waals surface area contributed by atoms with E-state index in [0.29, 0.717) is 12.8 Å². The van der Waals surface area contributed by atoms with Gasteiger partial charge in [0.1, 0.15) is 24.6 Å². The SMILES string of the molecule is CC1(C)CCC2(C(=O)O)CCC3(C)C(=CCC4C5(C)CCC(O[C@@H]6O[C@H](C(=O)O)[C@@H](O)[C@H](O)[C@H]6O)C(C)(C=O)C5CCC43C)C2C1. The minimum Gasteiger partial charge on any atom is -0.481 e. The quantitative estimate of drug-likeness (QED) is 0.165. The first-order valence-corrected chi connectivity index (χ1v) is 17.3. The lowest BCUT2D eigenvalue weighted by Crippen LogP contribution is -2.67. The monoisotopic (exact) mass is 646 g/mol. The number of fused-ring (bicyclic) bond motifs is 7. The Hall–Kier alpha value is -1.85. The van der Waals surface area contributed by atoms with Gasteiger partial charge in [-0.1, -0.05) is 53.2 Å². The van der Waals surface area contributed by atoms with Crippen molar-refractivity contribution in [1.29, 1.82) is 0 Å². The molecule has 5 fully saturated rings. The predicted molar refractivity (Wildman–Crippen MR) is 166 cm³/mol. The lowest BCUT2D eigenvalue weighted by molar-refractivity contribution is -0.321. The zero-order chi connectivity index (χ0) is 33.8. The Kier molecular flexibility index (Phi) is 8.01. The highest BCUT2D eigenvalue weighted by molar-refractivity contribution is 5.76. The van der Waals surface area contributed by atoms with Crippen LogP contribution in [-0.2, 0) is 23.9 Å². The van der Waals surface area contributed by atoms with E-state index >= 15 is 0 Å². The molecule has 6 rings (SSSR count). The van der Waals surface area contributed by atoms with Crippen LogP contribution in [0.3, 0.4) is 0 Å². The highest BCUT2D eigenvalue weighted by Gasteiger charge is 2.70. The van der Waals surface area contributed by atoms with Crippen LogP contribution in [0.5, 0.6) is 0 Å². The number of rotatable bonds is 5. The summed E-state index contributed by atoms with van der Waals surface area (Å²) in [4.78, 5) is 37.7. The van der Waals surface area contributed by atoms with Crippen LogP contribution in [0.15, 0.2) is 11.6 Å². The van der Waals surface area contributed by atoms with E-state index in [9.17, 15) is 39.9 Å². The second-order valence-corrected chi connectivity index (χ2v) is 17.6. The highest BCUT2D eigenvalue weighted by Crippen LogP contribution is 2.75. The summed E-state index contributed by atoms with van der Waals surface area (Å²) in [6, 6.07) is 0. The van der Waals surface area contributed by atoms with Crippen LogP contribution < -0.4 is 0 Å².